The Morgan fingerprint density at radius 3 is 2.50 bits per heavy atom. The normalized spacial score (nSPS) is 35.9. The molecule has 2 atom stereocenters. The van der Waals surface area contributed by atoms with E-state index in [1.54, 1.807) is 7.11 Å². The molecule has 1 heterocycles. The van der Waals surface area contributed by atoms with Crippen LogP contribution in [0.25, 0.3) is 0 Å². The summed E-state index contributed by atoms with van der Waals surface area (Å²) in [5.74, 6) is -0.0847. The first kappa shape index (κ1) is 12.3. The van der Waals surface area contributed by atoms with Gasteiger partial charge < -0.3 is 15.2 Å². The maximum atomic E-state index is 11.3. The molecule has 0 amide bonds. The SMILES string of the molecule is COC1(CNC2CS(=O)(=O)CC2O)CCC1. The Balaban J connectivity index is 1.87. The van der Waals surface area contributed by atoms with Crippen molar-refractivity contribution in [3.8, 4) is 0 Å². The number of hydrogen-bond donors (Lipinski definition) is 2. The number of aliphatic hydroxyl groups is 1. The summed E-state index contributed by atoms with van der Waals surface area (Å²) in [6, 6.07) is -0.336. The molecule has 2 rings (SSSR count). The molecular formula is C10H19NO4S. The van der Waals surface area contributed by atoms with Crippen molar-refractivity contribution in [2.45, 2.75) is 37.0 Å². The van der Waals surface area contributed by atoms with E-state index in [1.807, 2.05) is 0 Å². The molecule has 2 N–H and O–H groups in total. The Morgan fingerprint density at radius 1 is 1.44 bits per heavy atom. The Kier molecular flexibility index (Phi) is 3.27. The number of sulfone groups is 1. The minimum Gasteiger partial charge on any atom is -0.390 e. The van der Waals surface area contributed by atoms with Crippen LogP contribution in [0.1, 0.15) is 19.3 Å². The van der Waals surface area contributed by atoms with Gasteiger partial charge in [-0.05, 0) is 19.3 Å². The van der Waals surface area contributed by atoms with Gasteiger partial charge in [-0.1, -0.05) is 0 Å². The summed E-state index contributed by atoms with van der Waals surface area (Å²) >= 11 is 0. The van der Waals surface area contributed by atoms with Crippen molar-refractivity contribution in [2.24, 2.45) is 0 Å². The van der Waals surface area contributed by atoms with Gasteiger partial charge in [0.25, 0.3) is 0 Å². The van der Waals surface area contributed by atoms with Gasteiger partial charge in [-0.25, -0.2) is 8.42 Å². The first-order valence-corrected chi connectivity index (χ1v) is 7.46. The molecule has 0 bridgehead atoms. The highest BCUT2D eigenvalue weighted by atomic mass is 32.2. The Bertz CT molecular complexity index is 344. The summed E-state index contributed by atoms with van der Waals surface area (Å²) in [6.07, 6.45) is 2.39. The second-order valence-electron chi connectivity index (χ2n) is 4.87. The fourth-order valence-electron chi connectivity index (χ4n) is 2.37. The summed E-state index contributed by atoms with van der Waals surface area (Å²) < 4.78 is 28.0. The molecule has 0 spiro atoms. The molecule has 1 aliphatic carbocycles. The van der Waals surface area contributed by atoms with Crippen LogP contribution in [0.3, 0.4) is 0 Å². The highest BCUT2D eigenvalue weighted by Crippen LogP contribution is 2.34. The number of rotatable bonds is 4. The van der Waals surface area contributed by atoms with Crippen LogP contribution in [0.2, 0.25) is 0 Å². The molecule has 5 nitrogen and oxygen atoms in total. The van der Waals surface area contributed by atoms with Crippen molar-refractivity contribution in [1.82, 2.24) is 5.32 Å². The van der Waals surface area contributed by atoms with Crippen molar-refractivity contribution in [1.29, 1.82) is 0 Å². The molecule has 0 radical (unpaired) electrons. The highest BCUT2D eigenvalue weighted by molar-refractivity contribution is 7.91. The van der Waals surface area contributed by atoms with Gasteiger partial charge in [0.1, 0.15) is 0 Å². The van der Waals surface area contributed by atoms with E-state index in [1.165, 1.54) is 0 Å². The third-order valence-electron chi connectivity index (χ3n) is 3.71. The second-order valence-corrected chi connectivity index (χ2v) is 7.03. The van der Waals surface area contributed by atoms with Crippen molar-refractivity contribution in [3.63, 3.8) is 0 Å². The van der Waals surface area contributed by atoms with Crippen LogP contribution in [0.15, 0.2) is 0 Å². The topological polar surface area (TPSA) is 75.6 Å². The van der Waals surface area contributed by atoms with Gasteiger partial charge in [0.05, 0.1) is 23.2 Å². The van der Waals surface area contributed by atoms with E-state index < -0.39 is 15.9 Å². The first-order valence-electron chi connectivity index (χ1n) is 5.63. The maximum absolute atomic E-state index is 11.3. The third-order valence-corrected chi connectivity index (χ3v) is 5.42. The Hall–Kier alpha value is -0.170. The molecule has 6 heteroatoms. The fourth-order valence-corrected chi connectivity index (χ4v) is 4.14. The summed E-state index contributed by atoms with van der Waals surface area (Å²) in [5, 5.41) is 12.7. The lowest BCUT2D eigenvalue weighted by molar-refractivity contribution is -0.0720. The number of hydrogen-bond acceptors (Lipinski definition) is 5. The Labute approximate surface area is 96.1 Å². The fraction of sp³-hybridized carbons (Fsp3) is 1.00. The molecule has 0 aromatic heterocycles. The molecule has 2 unspecified atom stereocenters. The van der Waals surface area contributed by atoms with E-state index in [9.17, 15) is 13.5 Å². The van der Waals surface area contributed by atoms with Gasteiger partial charge in [0.15, 0.2) is 9.84 Å². The van der Waals surface area contributed by atoms with Crippen molar-refractivity contribution < 1.29 is 18.3 Å². The number of ether oxygens (including phenoxy) is 1. The molecule has 16 heavy (non-hydrogen) atoms. The van der Waals surface area contributed by atoms with Crippen LogP contribution in [0, 0.1) is 0 Å². The standard InChI is InChI=1S/C10H19NO4S/c1-15-10(3-2-4-10)7-11-8-5-16(13,14)6-9(8)12/h8-9,11-12H,2-7H2,1H3. The Morgan fingerprint density at radius 2 is 2.12 bits per heavy atom. The second kappa shape index (κ2) is 4.25. The van der Waals surface area contributed by atoms with Crippen LogP contribution in [-0.2, 0) is 14.6 Å². The predicted octanol–water partition coefficient (Wildman–Crippen LogP) is -0.697. The van der Waals surface area contributed by atoms with Crippen LogP contribution in [0.4, 0.5) is 0 Å². The van der Waals surface area contributed by atoms with Gasteiger partial charge >= 0.3 is 0 Å². The average Bonchev–Trinajstić information content (AvgIpc) is 2.38. The van der Waals surface area contributed by atoms with Gasteiger partial charge in [-0.15, -0.1) is 0 Å². The van der Waals surface area contributed by atoms with Crippen molar-refractivity contribution in [2.75, 3.05) is 25.2 Å². The molecule has 1 saturated carbocycles. The molecule has 0 aromatic rings. The third kappa shape index (κ3) is 2.40. The molecule has 2 fully saturated rings. The lowest BCUT2D eigenvalue weighted by atomic mass is 9.80. The minimum absolute atomic E-state index is 0.0357. The zero-order valence-electron chi connectivity index (χ0n) is 9.48. The van der Waals surface area contributed by atoms with Gasteiger partial charge in [-0.2, -0.15) is 0 Å². The van der Waals surface area contributed by atoms with Crippen LogP contribution < -0.4 is 5.32 Å². The molecule has 94 valence electrons. The largest absolute Gasteiger partial charge is 0.390 e. The molecule has 1 saturated heterocycles. The number of aliphatic hydroxyl groups excluding tert-OH is 1. The quantitative estimate of drug-likeness (QED) is 0.689. The van der Waals surface area contributed by atoms with Gasteiger partial charge in [0, 0.05) is 19.7 Å². The molecular weight excluding hydrogens is 230 g/mol. The lowest BCUT2D eigenvalue weighted by Crippen LogP contribution is -2.52. The number of methoxy groups -OCH3 is 1. The minimum atomic E-state index is -3.06. The first-order chi connectivity index (χ1) is 7.46. The van der Waals surface area contributed by atoms with E-state index in [-0.39, 0.29) is 23.1 Å². The van der Waals surface area contributed by atoms with Crippen molar-refractivity contribution >= 4 is 9.84 Å². The van der Waals surface area contributed by atoms with E-state index >= 15 is 0 Å². The molecule has 0 aromatic carbocycles. The predicted molar refractivity (Wildman–Crippen MR) is 60.0 cm³/mol. The molecule has 2 aliphatic rings. The van der Waals surface area contributed by atoms with Crippen molar-refractivity contribution in [3.05, 3.63) is 0 Å². The van der Waals surface area contributed by atoms with Crippen LogP contribution >= 0.6 is 0 Å². The van der Waals surface area contributed by atoms with Crippen LogP contribution in [-0.4, -0.2) is 56.4 Å². The summed E-state index contributed by atoms with van der Waals surface area (Å²) in [5.41, 5.74) is -0.133. The zero-order chi connectivity index (χ0) is 11.8. The van der Waals surface area contributed by atoms with Gasteiger partial charge in [-0.3, -0.25) is 0 Å². The highest BCUT2D eigenvalue weighted by Gasteiger charge is 2.41. The summed E-state index contributed by atoms with van der Waals surface area (Å²) in [7, 11) is -1.38. The lowest BCUT2D eigenvalue weighted by Gasteiger charge is -2.41. The number of nitrogens with one attached hydrogen (secondary N) is 1. The maximum Gasteiger partial charge on any atom is 0.154 e. The van der Waals surface area contributed by atoms with Crippen LogP contribution in [0.5, 0.6) is 0 Å². The molecule has 1 aliphatic heterocycles. The van der Waals surface area contributed by atoms with E-state index in [0.29, 0.717) is 6.54 Å². The summed E-state index contributed by atoms with van der Waals surface area (Å²) in [4.78, 5) is 0. The van der Waals surface area contributed by atoms with E-state index in [4.69, 9.17) is 4.74 Å². The van der Waals surface area contributed by atoms with Gasteiger partial charge in [0.2, 0.25) is 0 Å². The smallest absolute Gasteiger partial charge is 0.154 e. The monoisotopic (exact) mass is 249 g/mol. The zero-order valence-corrected chi connectivity index (χ0v) is 10.3. The summed E-state index contributed by atoms with van der Waals surface area (Å²) in [6.45, 7) is 0.626. The average molecular weight is 249 g/mol. The van der Waals surface area contributed by atoms with E-state index in [2.05, 4.69) is 5.32 Å². The van der Waals surface area contributed by atoms with E-state index in [0.717, 1.165) is 19.3 Å².